The molecule has 4 aromatic rings. The zero-order valence-electron chi connectivity index (χ0n) is 15.2. The Morgan fingerprint density at radius 1 is 0.893 bits per heavy atom. The third kappa shape index (κ3) is 3.85. The second-order valence-electron chi connectivity index (χ2n) is 6.05. The maximum Gasteiger partial charge on any atom is 0.210 e. The van der Waals surface area contributed by atoms with Gasteiger partial charge < -0.3 is 4.74 Å². The molecule has 0 aliphatic heterocycles. The van der Waals surface area contributed by atoms with Gasteiger partial charge in [-0.15, -0.1) is 0 Å². The van der Waals surface area contributed by atoms with Gasteiger partial charge in [0, 0.05) is 17.3 Å². The Kier molecular flexibility index (Phi) is 5.26. The molecular weight excluding hydrogens is 371 g/mol. The van der Waals surface area contributed by atoms with Gasteiger partial charge in [-0.3, -0.25) is 0 Å². The standard InChI is InChI=1S/C23H17FN2OS/c1-27-19-13-11-16(12-14-19)21-22(17-7-3-2-4-8-17)28-23(26-21)25-15-18-9-5-6-10-20(18)24/h2-15H,1H3. The number of methoxy groups -OCH3 is 1. The van der Waals surface area contributed by atoms with Gasteiger partial charge >= 0.3 is 0 Å². The van der Waals surface area contributed by atoms with Crippen molar-refractivity contribution in [1.29, 1.82) is 0 Å². The molecule has 0 aliphatic carbocycles. The minimum absolute atomic E-state index is 0.304. The van der Waals surface area contributed by atoms with Crippen LogP contribution in [0.1, 0.15) is 5.56 Å². The Hall–Kier alpha value is -3.31. The monoisotopic (exact) mass is 388 g/mol. The van der Waals surface area contributed by atoms with Gasteiger partial charge in [0.15, 0.2) is 0 Å². The van der Waals surface area contributed by atoms with E-state index >= 15 is 0 Å². The summed E-state index contributed by atoms with van der Waals surface area (Å²) in [6, 6.07) is 24.4. The molecule has 0 N–H and O–H groups in total. The second-order valence-corrected chi connectivity index (χ2v) is 7.03. The highest BCUT2D eigenvalue weighted by atomic mass is 32.1. The quantitative estimate of drug-likeness (QED) is 0.372. The Morgan fingerprint density at radius 3 is 2.32 bits per heavy atom. The number of ether oxygens (including phenoxy) is 1. The van der Waals surface area contributed by atoms with Gasteiger partial charge in [0.25, 0.3) is 0 Å². The summed E-state index contributed by atoms with van der Waals surface area (Å²) in [6.45, 7) is 0. The van der Waals surface area contributed by atoms with Crippen LogP contribution in [0.15, 0.2) is 83.9 Å². The van der Waals surface area contributed by atoms with E-state index in [4.69, 9.17) is 9.72 Å². The molecule has 0 radical (unpaired) electrons. The predicted octanol–water partition coefficient (Wildman–Crippen LogP) is 6.38. The first-order valence-corrected chi connectivity index (χ1v) is 9.55. The van der Waals surface area contributed by atoms with E-state index in [1.54, 1.807) is 25.3 Å². The summed E-state index contributed by atoms with van der Waals surface area (Å²) in [5, 5.41) is 0.577. The fraction of sp³-hybridized carbons (Fsp3) is 0.0435. The van der Waals surface area contributed by atoms with Crippen molar-refractivity contribution in [3.05, 3.63) is 90.2 Å². The SMILES string of the molecule is COc1ccc(-c2nc(N=Cc3ccccc3F)sc2-c2ccccc2)cc1. The molecule has 0 bridgehead atoms. The van der Waals surface area contributed by atoms with Gasteiger partial charge in [0.05, 0.1) is 17.7 Å². The predicted molar refractivity (Wildman–Crippen MR) is 113 cm³/mol. The largest absolute Gasteiger partial charge is 0.497 e. The van der Waals surface area contributed by atoms with Gasteiger partial charge in [-0.1, -0.05) is 59.9 Å². The first-order valence-electron chi connectivity index (χ1n) is 8.74. The lowest BCUT2D eigenvalue weighted by Crippen LogP contribution is -1.86. The minimum atomic E-state index is -0.304. The topological polar surface area (TPSA) is 34.5 Å². The third-order valence-electron chi connectivity index (χ3n) is 4.23. The Morgan fingerprint density at radius 2 is 1.61 bits per heavy atom. The van der Waals surface area contributed by atoms with Crippen LogP contribution in [-0.2, 0) is 0 Å². The molecule has 0 saturated heterocycles. The minimum Gasteiger partial charge on any atom is -0.497 e. The van der Waals surface area contributed by atoms with Crippen LogP contribution >= 0.6 is 11.3 Å². The summed E-state index contributed by atoms with van der Waals surface area (Å²) in [4.78, 5) is 10.2. The number of thiazole rings is 1. The van der Waals surface area contributed by atoms with E-state index in [0.29, 0.717) is 10.7 Å². The summed E-state index contributed by atoms with van der Waals surface area (Å²) in [5.41, 5.74) is 3.32. The van der Waals surface area contributed by atoms with Crippen LogP contribution < -0.4 is 4.74 Å². The van der Waals surface area contributed by atoms with Crippen LogP contribution in [-0.4, -0.2) is 18.3 Å². The van der Waals surface area contributed by atoms with Crippen molar-refractivity contribution >= 4 is 22.7 Å². The molecule has 0 aliphatic rings. The van der Waals surface area contributed by atoms with Gasteiger partial charge in [0.1, 0.15) is 11.6 Å². The summed E-state index contributed by atoms with van der Waals surface area (Å²) < 4.78 is 19.1. The number of benzene rings is 3. The molecule has 1 aromatic heterocycles. The van der Waals surface area contributed by atoms with Crippen molar-refractivity contribution < 1.29 is 9.13 Å². The Bertz CT molecular complexity index is 1110. The lowest BCUT2D eigenvalue weighted by atomic mass is 10.1. The van der Waals surface area contributed by atoms with Gasteiger partial charge in [-0.2, -0.15) is 0 Å². The Balaban J connectivity index is 1.77. The molecule has 1 heterocycles. The van der Waals surface area contributed by atoms with Crippen molar-refractivity contribution in [2.75, 3.05) is 7.11 Å². The molecule has 0 spiro atoms. The van der Waals surface area contributed by atoms with E-state index in [9.17, 15) is 4.39 Å². The molecule has 4 rings (SSSR count). The average molecular weight is 388 g/mol. The smallest absolute Gasteiger partial charge is 0.210 e. The molecule has 138 valence electrons. The van der Waals surface area contributed by atoms with Crippen LogP contribution in [0.25, 0.3) is 21.7 Å². The highest BCUT2D eigenvalue weighted by Crippen LogP contribution is 2.40. The number of halogens is 1. The van der Waals surface area contributed by atoms with Crippen molar-refractivity contribution in [1.82, 2.24) is 4.98 Å². The molecule has 0 fully saturated rings. The zero-order valence-corrected chi connectivity index (χ0v) is 16.0. The fourth-order valence-corrected chi connectivity index (χ4v) is 3.74. The molecule has 28 heavy (non-hydrogen) atoms. The highest BCUT2D eigenvalue weighted by molar-refractivity contribution is 7.19. The summed E-state index contributed by atoms with van der Waals surface area (Å²) >= 11 is 1.48. The maximum absolute atomic E-state index is 13.9. The Labute approximate surface area is 166 Å². The molecule has 0 unspecified atom stereocenters. The fourth-order valence-electron chi connectivity index (χ4n) is 2.80. The van der Waals surface area contributed by atoms with Gasteiger partial charge in [0.2, 0.25) is 5.13 Å². The number of hydrogen-bond donors (Lipinski definition) is 0. The van der Waals surface area contributed by atoms with E-state index in [1.165, 1.54) is 23.6 Å². The van der Waals surface area contributed by atoms with E-state index in [0.717, 1.165) is 27.4 Å². The zero-order chi connectivity index (χ0) is 19.3. The van der Waals surface area contributed by atoms with E-state index in [2.05, 4.69) is 4.99 Å². The summed E-state index contributed by atoms with van der Waals surface area (Å²) in [7, 11) is 1.64. The van der Waals surface area contributed by atoms with E-state index in [1.807, 2.05) is 54.6 Å². The van der Waals surface area contributed by atoms with Gasteiger partial charge in [-0.25, -0.2) is 14.4 Å². The third-order valence-corrected chi connectivity index (χ3v) is 5.25. The molecule has 5 heteroatoms. The lowest BCUT2D eigenvalue weighted by molar-refractivity contribution is 0.415. The normalized spacial score (nSPS) is 11.1. The maximum atomic E-state index is 13.9. The highest BCUT2D eigenvalue weighted by Gasteiger charge is 2.14. The average Bonchev–Trinajstić information content (AvgIpc) is 3.18. The summed E-state index contributed by atoms with van der Waals surface area (Å²) in [5.74, 6) is 0.486. The lowest BCUT2D eigenvalue weighted by Gasteiger charge is -2.04. The number of aliphatic imine (C=N–C) groups is 1. The molecule has 3 aromatic carbocycles. The van der Waals surface area contributed by atoms with E-state index in [-0.39, 0.29) is 5.82 Å². The molecule has 0 atom stereocenters. The molecular formula is C23H17FN2OS. The molecule has 3 nitrogen and oxygen atoms in total. The number of hydrogen-bond acceptors (Lipinski definition) is 4. The van der Waals surface area contributed by atoms with E-state index < -0.39 is 0 Å². The van der Waals surface area contributed by atoms with Gasteiger partial charge in [-0.05, 0) is 35.9 Å². The van der Waals surface area contributed by atoms with Crippen LogP contribution in [0.4, 0.5) is 9.52 Å². The first kappa shape index (κ1) is 18.1. The summed E-state index contributed by atoms with van der Waals surface area (Å²) in [6.07, 6.45) is 1.51. The number of nitrogens with zero attached hydrogens (tertiary/aromatic N) is 2. The second kappa shape index (κ2) is 8.15. The number of aromatic nitrogens is 1. The van der Waals surface area contributed by atoms with Crippen LogP contribution in [0.5, 0.6) is 5.75 Å². The van der Waals surface area contributed by atoms with Crippen molar-refractivity contribution in [2.45, 2.75) is 0 Å². The van der Waals surface area contributed by atoms with Crippen LogP contribution in [0, 0.1) is 5.82 Å². The van der Waals surface area contributed by atoms with Crippen molar-refractivity contribution in [3.8, 4) is 27.4 Å². The number of rotatable bonds is 5. The molecule has 0 amide bonds. The first-order chi connectivity index (χ1) is 13.7. The van der Waals surface area contributed by atoms with Crippen molar-refractivity contribution in [2.24, 2.45) is 4.99 Å². The van der Waals surface area contributed by atoms with Crippen LogP contribution in [0.3, 0.4) is 0 Å². The van der Waals surface area contributed by atoms with Crippen molar-refractivity contribution in [3.63, 3.8) is 0 Å². The van der Waals surface area contributed by atoms with Crippen LogP contribution in [0.2, 0.25) is 0 Å². The molecule has 0 saturated carbocycles.